The van der Waals surface area contributed by atoms with Gasteiger partial charge in [0.25, 0.3) is 0 Å². The number of thioether (sulfide) groups is 1. The fraction of sp³-hybridized carbons (Fsp3) is 0.571. The van der Waals surface area contributed by atoms with Crippen LogP contribution in [0.2, 0.25) is 5.02 Å². The fourth-order valence-corrected chi connectivity index (χ4v) is 2.62. The van der Waals surface area contributed by atoms with Crippen LogP contribution in [0.25, 0.3) is 0 Å². The summed E-state index contributed by atoms with van der Waals surface area (Å²) in [5, 5.41) is 13.0. The molecule has 1 unspecified atom stereocenters. The number of halogens is 1. The van der Waals surface area contributed by atoms with Crippen molar-refractivity contribution in [3.8, 4) is 0 Å². The van der Waals surface area contributed by atoms with Crippen molar-refractivity contribution in [2.45, 2.75) is 25.8 Å². The lowest BCUT2D eigenvalue weighted by Gasteiger charge is -2.13. The maximum absolute atomic E-state index is 8.66. The van der Waals surface area contributed by atoms with Gasteiger partial charge >= 0.3 is 0 Å². The smallest absolute Gasteiger partial charge is 0.0438 e. The Morgan fingerprint density at radius 3 is 2.67 bits per heavy atom. The second-order valence-electron chi connectivity index (χ2n) is 4.38. The van der Waals surface area contributed by atoms with E-state index in [1.807, 2.05) is 23.9 Å². The molecular weight excluding hydrogens is 266 g/mol. The van der Waals surface area contributed by atoms with Crippen molar-refractivity contribution in [3.63, 3.8) is 0 Å². The summed E-state index contributed by atoms with van der Waals surface area (Å²) in [5.41, 5.74) is 1.31. The molecule has 4 heteroatoms. The van der Waals surface area contributed by atoms with Crippen molar-refractivity contribution >= 4 is 23.4 Å². The first-order chi connectivity index (χ1) is 8.72. The van der Waals surface area contributed by atoms with E-state index in [4.69, 9.17) is 16.7 Å². The van der Waals surface area contributed by atoms with E-state index < -0.39 is 0 Å². The highest BCUT2D eigenvalue weighted by Gasteiger charge is 2.02. The molecule has 0 spiro atoms. The van der Waals surface area contributed by atoms with E-state index in [9.17, 15) is 0 Å². The highest BCUT2D eigenvalue weighted by molar-refractivity contribution is 7.99. The summed E-state index contributed by atoms with van der Waals surface area (Å²) in [6.45, 7) is 3.52. The molecule has 0 heterocycles. The summed E-state index contributed by atoms with van der Waals surface area (Å²) in [7, 11) is 0. The second kappa shape index (κ2) is 9.68. The lowest BCUT2D eigenvalue weighted by molar-refractivity contribution is 0.296. The fourth-order valence-electron chi connectivity index (χ4n) is 1.69. The van der Waals surface area contributed by atoms with Gasteiger partial charge in [-0.3, -0.25) is 0 Å². The normalized spacial score (nSPS) is 12.6. The van der Waals surface area contributed by atoms with Crippen molar-refractivity contribution in [1.82, 2.24) is 5.32 Å². The van der Waals surface area contributed by atoms with Crippen LogP contribution < -0.4 is 5.32 Å². The summed E-state index contributed by atoms with van der Waals surface area (Å²) in [4.78, 5) is 0. The molecular formula is C14H22ClNOS. The maximum atomic E-state index is 8.66. The van der Waals surface area contributed by atoms with Gasteiger partial charge < -0.3 is 10.4 Å². The summed E-state index contributed by atoms with van der Waals surface area (Å²) in [6, 6.07) is 8.51. The SMILES string of the molecule is CC(Cc1ccc(Cl)cc1)NCCSCCCO. The van der Waals surface area contributed by atoms with Crippen molar-refractivity contribution in [1.29, 1.82) is 0 Å². The van der Waals surface area contributed by atoms with Crippen LogP contribution in [0, 0.1) is 0 Å². The van der Waals surface area contributed by atoms with E-state index in [-0.39, 0.29) is 0 Å². The van der Waals surface area contributed by atoms with Crippen LogP contribution in [0.4, 0.5) is 0 Å². The third kappa shape index (κ3) is 7.27. The zero-order valence-electron chi connectivity index (χ0n) is 10.9. The van der Waals surface area contributed by atoms with Gasteiger partial charge in [0.05, 0.1) is 0 Å². The summed E-state index contributed by atoms with van der Waals surface area (Å²) >= 11 is 7.74. The van der Waals surface area contributed by atoms with Gasteiger partial charge in [0.1, 0.15) is 0 Å². The molecule has 0 aliphatic carbocycles. The first-order valence-electron chi connectivity index (χ1n) is 6.39. The van der Waals surface area contributed by atoms with Crippen LogP contribution in [-0.4, -0.2) is 35.8 Å². The number of benzene rings is 1. The van der Waals surface area contributed by atoms with Gasteiger partial charge in [0.2, 0.25) is 0 Å². The summed E-state index contributed by atoms with van der Waals surface area (Å²) in [5.74, 6) is 2.15. The Hall–Kier alpha value is -0.220. The van der Waals surface area contributed by atoms with Gasteiger partial charge in [0, 0.05) is 30.0 Å². The maximum Gasteiger partial charge on any atom is 0.0438 e. The van der Waals surface area contributed by atoms with Crippen molar-refractivity contribution in [2.75, 3.05) is 24.7 Å². The van der Waals surface area contributed by atoms with E-state index in [0.717, 1.165) is 35.9 Å². The Morgan fingerprint density at radius 2 is 2.00 bits per heavy atom. The van der Waals surface area contributed by atoms with Crippen LogP contribution in [-0.2, 0) is 6.42 Å². The quantitative estimate of drug-likeness (QED) is 0.685. The van der Waals surface area contributed by atoms with E-state index in [0.29, 0.717) is 12.6 Å². The first-order valence-corrected chi connectivity index (χ1v) is 7.92. The molecule has 0 saturated carbocycles. The van der Waals surface area contributed by atoms with Crippen LogP contribution in [0.15, 0.2) is 24.3 Å². The van der Waals surface area contributed by atoms with Gasteiger partial charge in [-0.2, -0.15) is 11.8 Å². The van der Waals surface area contributed by atoms with Crippen molar-refractivity contribution < 1.29 is 5.11 Å². The molecule has 1 aromatic rings. The molecule has 0 aromatic heterocycles. The summed E-state index contributed by atoms with van der Waals surface area (Å²) in [6.07, 6.45) is 1.92. The molecule has 0 aliphatic heterocycles. The monoisotopic (exact) mass is 287 g/mol. The Balaban J connectivity index is 2.10. The zero-order chi connectivity index (χ0) is 13.2. The molecule has 0 bridgehead atoms. The second-order valence-corrected chi connectivity index (χ2v) is 6.04. The molecule has 1 aromatic carbocycles. The molecule has 2 nitrogen and oxygen atoms in total. The Morgan fingerprint density at radius 1 is 1.28 bits per heavy atom. The number of hydrogen-bond acceptors (Lipinski definition) is 3. The Bertz CT molecular complexity index is 318. The van der Waals surface area contributed by atoms with E-state index >= 15 is 0 Å². The topological polar surface area (TPSA) is 32.3 Å². The minimum Gasteiger partial charge on any atom is -0.396 e. The number of hydrogen-bond donors (Lipinski definition) is 2. The largest absolute Gasteiger partial charge is 0.396 e. The number of nitrogens with one attached hydrogen (secondary N) is 1. The number of rotatable bonds is 9. The predicted molar refractivity (Wildman–Crippen MR) is 81.6 cm³/mol. The van der Waals surface area contributed by atoms with Crippen LogP contribution in [0.3, 0.4) is 0 Å². The Labute approximate surface area is 119 Å². The van der Waals surface area contributed by atoms with Gasteiger partial charge in [-0.25, -0.2) is 0 Å². The summed E-state index contributed by atoms with van der Waals surface area (Å²) < 4.78 is 0. The van der Waals surface area contributed by atoms with Crippen LogP contribution in [0.1, 0.15) is 18.9 Å². The molecule has 102 valence electrons. The molecule has 2 N–H and O–H groups in total. The molecule has 0 fully saturated rings. The number of aliphatic hydroxyl groups is 1. The average molecular weight is 288 g/mol. The molecule has 1 atom stereocenters. The highest BCUT2D eigenvalue weighted by atomic mass is 35.5. The standard InChI is InChI=1S/C14H22ClNOS/c1-12(16-7-10-18-9-2-8-17)11-13-3-5-14(15)6-4-13/h3-6,12,16-17H,2,7-11H2,1H3. The molecule has 0 amide bonds. The minimum absolute atomic E-state index is 0.299. The molecule has 18 heavy (non-hydrogen) atoms. The highest BCUT2D eigenvalue weighted by Crippen LogP contribution is 2.11. The van der Waals surface area contributed by atoms with Gasteiger partial charge in [0.15, 0.2) is 0 Å². The zero-order valence-corrected chi connectivity index (χ0v) is 12.4. The first kappa shape index (κ1) is 15.8. The van der Waals surface area contributed by atoms with Crippen molar-refractivity contribution in [2.24, 2.45) is 0 Å². The lowest BCUT2D eigenvalue weighted by atomic mass is 10.1. The minimum atomic E-state index is 0.299. The molecule has 0 radical (unpaired) electrons. The van der Waals surface area contributed by atoms with E-state index in [2.05, 4.69) is 24.4 Å². The van der Waals surface area contributed by atoms with E-state index in [1.54, 1.807) is 0 Å². The van der Waals surface area contributed by atoms with E-state index in [1.165, 1.54) is 5.56 Å². The molecule has 0 saturated heterocycles. The third-order valence-corrected chi connectivity index (χ3v) is 3.96. The van der Waals surface area contributed by atoms with Crippen LogP contribution in [0.5, 0.6) is 0 Å². The predicted octanol–water partition coefficient (Wildman–Crippen LogP) is 2.98. The molecule has 1 rings (SSSR count). The van der Waals surface area contributed by atoms with Gasteiger partial charge in [-0.05, 0) is 43.2 Å². The average Bonchev–Trinajstić information content (AvgIpc) is 2.36. The van der Waals surface area contributed by atoms with Crippen molar-refractivity contribution in [3.05, 3.63) is 34.9 Å². The van der Waals surface area contributed by atoms with Crippen LogP contribution >= 0.6 is 23.4 Å². The number of aliphatic hydroxyl groups excluding tert-OH is 1. The van der Waals surface area contributed by atoms with Gasteiger partial charge in [-0.15, -0.1) is 0 Å². The van der Waals surface area contributed by atoms with Gasteiger partial charge in [-0.1, -0.05) is 23.7 Å². The Kier molecular flexibility index (Phi) is 8.51. The third-order valence-electron chi connectivity index (χ3n) is 2.64. The lowest BCUT2D eigenvalue weighted by Crippen LogP contribution is -2.30. The molecule has 0 aliphatic rings.